The first-order valence-electron chi connectivity index (χ1n) is 7.45. The smallest absolute Gasteiger partial charge is 0.176 e. The van der Waals surface area contributed by atoms with Crippen molar-refractivity contribution < 1.29 is 21.5 Å². The van der Waals surface area contributed by atoms with Crippen molar-refractivity contribution in [2.24, 2.45) is 5.11 Å². The lowest BCUT2D eigenvalue weighted by atomic mass is 10.0. The SMILES string of the molecule is Cc1ccc(N=[N+]=[N-])c(-c2ccc[n+](Cc3ccccc3)c2)c1.[Br-]. The minimum atomic E-state index is 0. The monoisotopic (exact) mass is 380 g/mol. The maximum absolute atomic E-state index is 8.76. The van der Waals surface area contributed by atoms with Crippen LogP contribution in [0.5, 0.6) is 0 Å². The van der Waals surface area contributed by atoms with E-state index in [1.54, 1.807) is 0 Å². The molecule has 0 fully saturated rings. The largest absolute Gasteiger partial charge is 1.00 e. The van der Waals surface area contributed by atoms with Crippen molar-refractivity contribution in [1.29, 1.82) is 0 Å². The van der Waals surface area contributed by atoms with Crippen LogP contribution >= 0.6 is 0 Å². The van der Waals surface area contributed by atoms with Crippen LogP contribution < -0.4 is 21.5 Å². The van der Waals surface area contributed by atoms with Gasteiger partial charge in [-0.15, -0.1) is 0 Å². The van der Waals surface area contributed by atoms with Crippen molar-refractivity contribution >= 4 is 5.69 Å². The summed E-state index contributed by atoms with van der Waals surface area (Å²) in [5.74, 6) is 0. The molecule has 0 aliphatic rings. The Balaban J connectivity index is 0.00000208. The van der Waals surface area contributed by atoms with Crippen LogP contribution in [0, 0.1) is 6.92 Å². The number of aromatic nitrogens is 1. The van der Waals surface area contributed by atoms with Crippen LogP contribution in [0.4, 0.5) is 5.69 Å². The molecule has 3 aromatic rings. The molecule has 0 radical (unpaired) electrons. The fourth-order valence-corrected chi connectivity index (χ4v) is 2.59. The van der Waals surface area contributed by atoms with Gasteiger partial charge >= 0.3 is 0 Å². The van der Waals surface area contributed by atoms with Gasteiger partial charge in [0.1, 0.15) is 0 Å². The van der Waals surface area contributed by atoms with E-state index in [-0.39, 0.29) is 17.0 Å². The van der Waals surface area contributed by atoms with Gasteiger partial charge in [0, 0.05) is 27.8 Å². The molecule has 3 rings (SSSR count). The van der Waals surface area contributed by atoms with Gasteiger partial charge in [0.15, 0.2) is 18.9 Å². The zero-order valence-electron chi connectivity index (χ0n) is 13.3. The maximum atomic E-state index is 8.76. The van der Waals surface area contributed by atoms with E-state index in [1.807, 2.05) is 61.7 Å². The van der Waals surface area contributed by atoms with E-state index in [9.17, 15) is 0 Å². The van der Waals surface area contributed by atoms with E-state index in [2.05, 4.69) is 32.9 Å². The summed E-state index contributed by atoms with van der Waals surface area (Å²) in [6.45, 7) is 2.83. The maximum Gasteiger partial charge on any atom is 0.176 e. The minimum Gasteiger partial charge on any atom is -1.00 e. The second-order valence-corrected chi connectivity index (χ2v) is 5.46. The molecule has 1 aromatic heterocycles. The van der Waals surface area contributed by atoms with Gasteiger partial charge in [-0.1, -0.05) is 59.2 Å². The van der Waals surface area contributed by atoms with Crippen LogP contribution in [0.2, 0.25) is 0 Å². The molecule has 0 amide bonds. The Morgan fingerprint density at radius 2 is 1.83 bits per heavy atom. The van der Waals surface area contributed by atoms with E-state index in [1.165, 1.54) is 5.56 Å². The quantitative estimate of drug-likeness (QED) is 0.287. The molecule has 0 atom stereocenters. The summed E-state index contributed by atoms with van der Waals surface area (Å²) in [6, 6.07) is 20.2. The van der Waals surface area contributed by atoms with Gasteiger partial charge in [-0.25, -0.2) is 4.57 Å². The Labute approximate surface area is 151 Å². The Bertz CT molecular complexity index is 872. The standard InChI is InChI=1S/C19H17N4.BrH/c1-15-9-10-19(21-22-20)18(12-15)17-8-5-11-23(14-17)13-16-6-3-2-4-7-16;/h2-12,14H,13H2,1H3;1H/q+1;/p-1. The second-order valence-electron chi connectivity index (χ2n) is 5.46. The van der Waals surface area contributed by atoms with Crippen LogP contribution in [-0.4, -0.2) is 0 Å². The number of benzene rings is 2. The fraction of sp³-hybridized carbons (Fsp3) is 0.105. The summed E-state index contributed by atoms with van der Waals surface area (Å²) < 4.78 is 2.13. The van der Waals surface area contributed by atoms with E-state index in [0.717, 1.165) is 23.2 Å². The van der Waals surface area contributed by atoms with Gasteiger partial charge in [0.2, 0.25) is 0 Å². The molecule has 4 nitrogen and oxygen atoms in total. The highest BCUT2D eigenvalue weighted by molar-refractivity contribution is 5.75. The number of halogens is 1. The normalized spacial score (nSPS) is 9.71. The highest BCUT2D eigenvalue weighted by Gasteiger charge is 2.09. The van der Waals surface area contributed by atoms with Gasteiger partial charge in [0.25, 0.3) is 0 Å². The number of pyridine rings is 1. The van der Waals surface area contributed by atoms with Crippen molar-refractivity contribution in [2.45, 2.75) is 13.5 Å². The zero-order valence-corrected chi connectivity index (χ0v) is 14.9. The molecular formula is C19H17BrN4. The summed E-state index contributed by atoms with van der Waals surface area (Å²) in [5.41, 5.74) is 13.8. The lowest BCUT2D eigenvalue weighted by Crippen LogP contribution is -3.00. The third-order valence-electron chi connectivity index (χ3n) is 3.68. The van der Waals surface area contributed by atoms with E-state index >= 15 is 0 Å². The van der Waals surface area contributed by atoms with Crippen LogP contribution in [-0.2, 0) is 6.54 Å². The molecule has 24 heavy (non-hydrogen) atoms. The third kappa shape index (κ3) is 4.22. The number of nitrogens with zero attached hydrogens (tertiary/aromatic N) is 4. The molecule has 0 saturated heterocycles. The second kappa shape index (κ2) is 8.29. The lowest BCUT2D eigenvalue weighted by Gasteiger charge is -2.06. The van der Waals surface area contributed by atoms with Gasteiger partial charge in [-0.3, -0.25) is 0 Å². The molecular weight excluding hydrogens is 364 g/mol. The summed E-state index contributed by atoms with van der Waals surface area (Å²) >= 11 is 0. The highest BCUT2D eigenvalue weighted by atomic mass is 79.9. The highest BCUT2D eigenvalue weighted by Crippen LogP contribution is 2.30. The van der Waals surface area contributed by atoms with E-state index in [0.29, 0.717) is 5.69 Å². The van der Waals surface area contributed by atoms with Crippen molar-refractivity contribution in [3.63, 3.8) is 0 Å². The predicted octanol–water partition coefficient (Wildman–Crippen LogP) is 1.94. The van der Waals surface area contributed by atoms with Gasteiger partial charge in [-0.2, -0.15) is 0 Å². The van der Waals surface area contributed by atoms with Gasteiger partial charge < -0.3 is 17.0 Å². The molecule has 5 heteroatoms. The molecule has 120 valence electrons. The molecule has 0 unspecified atom stereocenters. The van der Waals surface area contributed by atoms with Gasteiger partial charge in [-0.05, 0) is 24.1 Å². The van der Waals surface area contributed by atoms with E-state index in [4.69, 9.17) is 5.53 Å². The first-order valence-corrected chi connectivity index (χ1v) is 7.45. The van der Waals surface area contributed by atoms with Crippen LogP contribution in [0.3, 0.4) is 0 Å². The lowest BCUT2D eigenvalue weighted by molar-refractivity contribution is -0.687. The number of hydrogen-bond donors (Lipinski definition) is 0. The van der Waals surface area contributed by atoms with Crippen molar-refractivity contribution in [1.82, 2.24) is 0 Å². The zero-order chi connectivity index (χ0) is 16.1. The topological polar surface area (TPSA) is 52.6 Å². The molecule has 1 heterocycles. The molecule has 0 spiro atoms. The molecule has 0 aliphatic heterocycles. The first kappa shape index (κ1) is 17.7. The summed E-state index contributed by atoms with van der Waals surface area (Å²) in [6.07, 6.45) is 4.12. The summed E-state index contributed by atoms with van der Waals surface area (Å²) in [7, 11) is 0. The number of hydrogen-bond acceptors (Lipinski definition) is 1. The minimum absolute atomic E-state index is 0. The average Bonchev–Trinajstić information content (AvgIpc) is 2.58. The fourth-order valence-electron chi connectivity index (χ4n) is 2.59. The van der Waals surface area contributed by atoms with E-state index < -0.39 is 0 Å². The Kier molecular flexibility index (Phi) is 6.13. The predicted molar refractivity (Wildman–Crippen MR) is 91.2 cm³/mol. The molecule has 0 saturated carbocycles. The first-order chi connectivity index (χ1) is 11.3. The van der Waals surface area contributed by atoms with Crippen LogP contribution in [0.25, 0.3) is 21.6 Å². The Morgan fingerprint density at radius 3 is 2.58 bits per heavy atom. The van der Waals surface area contributed by atoms with Crippen molar-refractivity contribution in [2.75, 3.05) is 0 Å². The number of azide groups is 1. The Hall–Kier alpha value is -2.62. The molecule has 0 bridgehead atoms. The molecule has 2 aromatic carbocycles. The van der Waals surface area contributed by atoms with Crippen LogP contribution in [0.1, 0.15) is 11.1 Å². The number of rotatable bonds is 4. The molecule has 0 aliphatic carbocycles. The van der Waals surface area contributed by atoms with Gasteiger partial charge in [0.05, 0.1) is 0 Å². The third-order valence-corrected chi connectivity index (χ3v) is 3.68. The summed E-state index contributed by atoms with van der Waals surface area (Å²) in [4.78, 5) is 2.93. The number of aryl methyl sites for hydroxylation is 1. The van der Waals surface area contributed by atoms with Crippen molar-refractivity contribution in [3.05, 3.63) is 94.6 Å². The van der Waals surface area contributed by atoms with Crippen molar-refractivity contribution in [3.8, 4) is 11.1 Å². The average molecular weight is 381 g/mol. The Morgan fingerprint density at radius 1 is 1.04 bits per heavy atom. The summed E-state index contributed by atoms with van der Waals surface area (Å²) in [5, 5.41) is 3.81. The van der Waals surface area contributed by atoms with Crippen LogP contribution in [0.15, 0.2) is 78.2 Å². The molecule has 0 N–H and O–H groups in total.